The molecule has 0 amide bonds. The largest absolute Gasteiger partial charge is 0.330 e. The minimum Gasteiger partial charge on any atom is -0.330 e. The summed E-state index contributed by atoms with van der Waals surface area (Å²) in [6.07, 6.45) is 0. The van der Waals surface area contributed by atoms with Crippen molar-refractivity contribution >= 4 is 37.3 Å². The molecule has 1 aromatic rings. The summed E-state index contributed by atoms with van der Waals surface area (Å²) in [5.74, 6) is 0. The first-order valence-electron chi connectivity index (χ1n) is 4.71. The van der Waals surface area contributed by atoms with Crippen LogP contribution < -0.4 is 10.5 Å². The predicted molar refractivity (Wildman–Crippen MR) is 70.0 cm³/mol. The second kappa shape index (κ2) is 5.14. The van der Waals surface area contributed by atoms with Gasteiger partial charge in [0.05, 0.1) is 0 Å². The van der Waals surface area contributed by atoms with E-state index in [4.69, 9.17) is 5.73 Å². The minimum absolute atomic E-state index is 0.235. The Hall–Kier alpha value is 0.0500. The van der Waals surface area contributed by atoms with Crippen molar-refractivity contribution < 1.29 is 8.42 Å². The van der Waals surface area contributed by atoms with E-state index in [1.165, 1.54) is 11.3 Å². The number of halogens is 1. The summed E-state index contributed by atoms with van der Waals surface area (Å²) in [5.41, 5.74) is 5.30. The summed E-state index contributed by atoms with van der Waals surface area (Å²) in [5, 5.41) is 1.74. The van der Waals surface area contributed by atoms with Gasteiger partial charge in [0.2, 0.25) is 10.0 Å². The third-order valence-corrected chi connectivity index (χ3v) is 5.70. The number of sulfonamides is 1. The fourth-order valence-electron chi connectivity index (χ4n) is 0.870. The molecule has 1 aromatic heterocycles. The molecule has 0 aliphatic carbocycles. The van der Waals surface area contributed by atoms with Crippen molar-refractivity contribution in [3.63, 3.8) is 0 Å². The molecule has 0 fully saturated rings. The van der Waals surface area contributed by atoms with Crippen molar-refractivity contribution in [1.29, 1.82) is 0 Å². The molecule has 0 spiro atoms. The summed E-state index contributed by atoms with van der Waals surface area (Å²) in [6.45, 7) is 4.60. The van der Waals surface area contributed by atoms with Crippen molar-refractivity contribution in [2.24, 2.45) is 11.1 Å². The van der Waals surface area contributed by atoms with Crippen molar-refractivity contribution in [2.45, 2.75) is 18.1 Å². The zero-order chi connectivity index (χ0) is 12.4. The number of rotatable bonds is 5. The highest BCUT2D eigenvalue weighted by atomic mass is 79.9. The van der Waals surface area contributed by atoms with Crippen LogP contribution in [0.5, 0.6) is 0 Å². The Morgan fingerprint density at radius 2 is 2.19 bits per heavy atom. The minimum atomic E-state index is -3.40. The molecule has 1 heterocycles. The Labute approximate surface area is 108 Å². The molecule has 0 atom stereocenters. The lowest BCUT2D eigenvalue weighted by molar-refractivity contribution is 0.376. The topological polar surface area (TPSA) is 72.2 Å². The molecule has 7 heteroatoms. The number of thiophene rings is 1. The number of hydrogen-bond acceptors (Lipinski definition) is 4. The lowest BCUT2D eigenvalue weighted by Crippen LogP contribution is -2.38. The summed E-state index contributed by atoms with van der Waals surface area (Å²) in [7, 11) is -3.40. The maximum atomic E-state index is 11.8. The highest BCUT2D eigenvalue weighted by molar-refractivity contribution is 9.10. The van der Waals surface area contributed by atoms with Gasteiger partial charge in [0.15, 0.2) is 0 Å². The molecular formula is C9H15BrN2O2S2. The molecule has 0 aliphatic rings. The predicted octanol–water partition coefficient (Wildman–Crippen LogP) is 1.77. The zero-order valence-electron chi connectivity index (χ0n) is 9.16. The first-order valence-corrected chi connectivity index (χ1v) is 7.86. The van der Waals surface area contributed by atoms with Gasteiger partial charge in [0.1, 0.15) is 4.21 Å². The van der Waals surface area contributed by atoms with Crippen LogP contribution in [0.25, 0.3) is 0 Å². The number of hydrogen-bond donors (Lipinski definition) is 2. The van der Waals surface area contributed by atoms with Gasteiger partial charge < -0.3 is 5.73 Å². The SMILES string of the molecule is CC(C)(CN)CNS(=O)(=O)c1cc(Br)cs1. The first-order chi connectivity index (χ1) is 7.27. The lowest BCUT2D eigenvalue weighted by atomic mass is 9.95. The van der Waals surface area contributed by atoms with Crippen LogP contribution in [0.1, 0.15) is 13.8 Å². The van der Waals surface area contributed by atoms with E-state index in [1.807, 2.05) is 13.8 Å². The molecule has 0 saturated heterocycles. The third-order valence-electron chi connectivity index (χ3n) is 2.10. The molecule has 0 unspecified atom stereocenters. The van der Waals surface area contributed by atoms with E-state index in [-0.39, 0.29) is 5.41 Å². The van der Waals surface area contributed by atoms with Crippen molar-refractivity contribution in [1.82, 2.24) is 4.72 Å². The quantitative estimate of drug-likeness (QED) is 0.866. The Bertz CT molecular complexity index is 454. The van der Waals surface area contributed by atoms with Gasteiger partial charge in [-0.25, -0.2) is 13.1 Å². The van der Waals surface area contributed by atoms with Crippen LogP contribution in [0.2, 0.25) is 0 Å². The van der Waals surface area contributed by atoms with Gasteiger partial charge in [-0.3, -0.25) is 0 Å². The van der Waals surface area contributed by atoms with Crippen LogP contribution in [0.4, 0.5) is 0 Å². The van der Waals surface area contributed by atoms with Gasteiger partial charge in [-0.05, 0) is 34.0 Å². The summed E-state index contributed by atoms with van der Waals surface area (Å²) in [4.78, 5) is 0. The monoisotopic (exact) mass is 326 g/mol. The average molecular weight is 327 g/mol. The lowest BCUT2D eigenvalue weighted by Gasteiger charge is -2.22. The molecule has 92 valence electrons. The van der Waals surface area contributed by atoms with Gasteiger partial charge in [-0.1, -0.05) is 13.8 Å². The Balaban J connectivity index is 2.74. The molecule has 16 heavy (non-hydrogen) atoms. The molecule has 3 N–H and O–H groups in total. The third kappa shape index (κ3) is 3.81. The van der Waals surface area contributed by atoms with E-state index in [0.717, 1.165) is 4.47 Å². The van der Waals surface area contributed by atoms with Gasteiger partial charge in [0.25, 0.3) is 0 Å². The molecule has 0 aromatic carbocycles. The van der Waals surface area contributed by atoms with Crippen molar-refractivity contribution in [3.05, 3.63) is 15.9 Å². The molecule has 0 saturated carbocycles. The standard InChI is InChI=1S/C9H15BrN2O2S2/c1-9(2,5-11)6-12-16(13,14)8-3-7(10)4-15-8/h3-4,12H,5-6,11H2,1-2H3. The summed E-state index contributed by atoms with van der Waals surface area (Å²) < 4.78 is 27.3. The molecule has 4 nitrogen and oxygen atoms in total. The highest BCUT2D eigenvalue weighted by Crippen LogP contribution is 2.24. The van der Waals surface area contributed by atoms with Gasteiger partial charge in [-0.15, -0.1) is 11.3 Å². The fraction of sp³-hybridized carbons (Fsp3) is 0.556. The molecule has 0 aliphatic heterocycles. The number of nitrogens with two attached hydrogens (primary N) is 1. The van der Waals surface area contributed by atoms with Crippen LogP contribution in [0.15, 0.2) is 20.1 Å². The van der Waals surface area contributed by atoms with Crippen LogP contribution in [-0.4, -0.2) is 21.5 Å². The van der Waals surface area contributed by atoms with Crippen LogP contribution in [0.3, 0.4) is 0 Å². The van der Waals surface area contributed by atoms with Crippen LogP contribution in [0, 0.1) is 5.41 Å². The van der Waals surface area contributed by atoms with Gasteiger partial charge >= 0.3 is 0 Å². The van der Waals surface area contributed by atoms with Crippen LogP contribution in [-0.2, 0) is 10.0 Å². The average Bonchev–Trinajstić information content (AvgIpc) is 2.63. The van der Waals surface area contributed by atoms with E-state index >= 15 is 0 Å². The van der Waals surface area contributed by atoms with Crippen molar-refractivity contribution in [2.75, 3.05) is 13.1 Å². The Morgan fingerprint density at radius 1 is 1.56 bits per heavy atom. The fourth-order valence-corrected chi connectivity index (χ4v) is 4.01. The molecule has 0 radical (unpaired) electrons. The second-order valence-electron chi connectivity index (χ2n) is 4.28. The van der Waals surface area contributed by atoms with E-state index in [1.54, 1.807) is 11.4 Å². The maximum absolute atomic E-state index is 11.8. The molecule has 1 rings (SSSR count). The van der Waals surface area contributed by atoms with Crippen molar-refractivity contribution in [3.8, 4) is 0 Å². The van der Waals surface area contributed by atoms with E-state index in [0.29, 0.717) is 17.3 Å². The second-order valence-corrected chi connectivity index (χ2v) is 8.10. The molecule has 0 bridgehead atoms. The smallest absolute Gasteiger partial charge is 0.250 e. The summed E-state index contributed by atoms with van der Waals surface area (Å²) in [6, 6.07) is 1.59. The van der Waals surface area contributed by atoms with E-state index in [2.05, 4.69) is 20.7 Å². The zero-order valence-corrected chi connectivity index (χ0v) is 12.4. The first kappa shape index (κ1) is 14.1. The van der Waals surface area contributed by atoms with Crippen LogP contribution >= 0.6 is 27.3 Å². The number of nitrogens with one attached hydrogen (secondary N) is 1. The highest BCUT2D eigenvalue weighted by Gasteiger charge is 2.22. The Kier molecular flexibility index (Phi) is 4.53. The maximum Gasteiger partial charge on any atom is 0.250 e. The Morgan fingerprint density at radius 3 is 2.62 bits per heavy atom. The molecular weight excluding hydrogens is 312 g/mol. The summed E-state index contributed by atoms with van der Waals surface area (Å²) >= 11 is 4.41. The van der Waals surface area contributed by atoms with E-state index < -0.39 is 10.0 Å². The normalized spacial score (nSPS) is 13.0. The van der Waals surface area contributed by atoms with E-state index in [9.17, 15) is 8.42 Å². The van der Waals surface area contributed by atoms with Gasteiger partial charge in [0, 0.05) is 16.4 Å². The van der Waals surface area contributed by atoms with Gasteiger partial charge in [-0.2, -0.15) is 0 Å².